The molecular formula is C11H24O3. The molecule has 3 heteroatoms. The van der Waals surface area contributed by atoms with Gasteiger partial charge in [-0.25, -0.2) is 0 Å². The molecule has 2 atom stereocenters. The monoisotopic (exact) mass is 204 g/mol. The Morgan fingerprint density at radius 2 is 1.00 bits per heavy atom. The number of Topliss-reactive ketones (excluding diaryl/α,β-unsaturated/α-hetero) is 1. The molecular weight excluding hydrogens is 180 g/mol. The van der Waals surface area contributed by atoms with Crippen molar-refractivity contribution in [2.24, 2.45) is 23.7 Å². The van der Waals surface area contributed by atoms with Crippen molar-refractivity contribution in [1.82, 2.24) is 0 Å². The van der Waals surface area contributed by atoms with Crippen LogP contribution in [-0.2, 0) is 4.79 Å². The van der Waals surface area contributed by atoms with Crippen molar-refractivity contribution in [3.8, 4) is 0 Å². The van der Waals surface area contributed by atoms with Gasteiger partial charge in [0, 0.05) is 11.8 Å². The summed E-state index contributed by atoms with van der Waals surface area (Å²) in [6, 6.07) is 0. The lowest BCUT2D eigenvalue weighted by Crippen LogP contribution is -2.26. The summed E-state index contributed by atoms with van der Waals surface area (Å²) in [5, 5.41) is 12.0. The van der Waals surface area contributed by atoms with E-state index in [9.17, 15) is 4.79 Å². The van der Waals surface area contributed by atoms with E-state index in [0.29, 0.717) is 17.6 Å². The Labute approximate surface area is 87.1 Å². The average molecular weight is 204 g/mol. The summed E-state index contributed by atoms with van der Waals surface area (Å²) < 4.78 is 0. The fraction of sp³-hybridized carbons (Fsp3) is 0.909. The van der Waals surface area contributed by atoms with Gasteiger partial charge in [0.25, 0.3) is 0 Å². The topological polar surface area (TPSA) is 57.5 Å². The van der Waals surface area contributed by atoms with Crippen LogP contribution in [0.1, 0.15) is 41.5 Å². The predicted molar refractivity (Wildman–Crippen MR) is 58.3 cm³/mol. The maximum absolute atomic E-state index is 11.7. The van der Waals surface area contributed by atoms with Crippen molar-refractivity contribution >= 4 is 5.78 Å². The Morgan fingerprint density at radius 3 is 1.14 bits per heavy atom. The number of ketones is 1. The number of hydrogen-bond donors (Lipinski definition) is 2. The minimum absolute atomic E-state index is 0.211. The van der Waals surface area contributed by atoms with Gasteiger partial charge in [-0.2, -0.15) is 0 Å². The second kappa shape index (κ2) is 7.94. The molecule has 14 heavy (non-hydrogen) atoms. The molecule has 0 rings (SSSR count). The first-order chi connectivity index (χ1) is 6.37. The smallest absolute Gasteiger partial charge is 0.138 e. The molecule has 2 unspecified atom stereocenters. The van der Waals surface area contributed by atoms with Crippen LogP contribution in [0, 0.1) is 23.7 Å². The van der Waals surface area contributed by atoms with Gasteiger partial charge in [0.2, 0.25) is 0 Å². The number of hydrogen-bond acceptors (Lipinski definition) is 3. The first-order valence-corrected chi connectivity index (χ1v) is 5.11. The van der Waals surface area contributed by atoms with Gasteiger partial charge in [0.05, 0.1) is 0 Å². The zero-order valence-corrected chi connectivity index (χ0v) is 10.1. The molecule has 0 amide bonds. The third-order valence-corrected chi connectivity index (χ3v) is 2.90. The second-order valence-electron chi connectivity index (χ2n) is 4.47. The molecule has 0 aromatic carbocycles. The molecule has 0 aliphatic carbocycles. The zero-order chi connectivity index (χ0) is 11.9. The third-order valence-electron chi connectivity index (χ3n) is 2.90. The second-order valence-corrected chi connectivity index (χ2v) is 4.47. The molecule has 0 radical (unpaired) electrons. The first-order valence-electron chi connectivity index (χ1n) is 5.11. The number of rotatable bonds is 4. The third kappa shape index (κ3) is 5.35. The number of carbonyl (C=O) groups excluding carboxylic acids is 1. The molecule has 0 aromatic heterocycles. The Balaban J connectivity index is 0. The van der Waals surface area contributed by atoms with Gasteiger partial charge in [-0.1, -0.05) is 41.5 Å². The molecule has 0 fully saturated rings. The van der Waals surface area contributed by atoms with Crippen molar-refractivity contribution < 1.29 is 15.3 Å². The Kier molecular flexibility index (Phi) is 9.10. The molecule has 3 nitrogen and oxygen atoms in total. The van der Waals surface area contributed by atoms with E-state index in [1.807, 2.05) is 13.8 Å². The average Bonchev–Trinajstić information content (AvgIpc) is 2.17. The van der Waals surface area contributed by atoms with Crippen molar-refractivity contribution in [3.63, 3.8) is 0 Å². The van der Waals surface area contributed by atoms with Gasteiger partial charge < -0.3 is 0 Å². The van der Waals surface area contributed by atoms with Crippen LogP contribution in [0.25, 0.3) is 0 Å². The van der Waals surface area contributed by atoms with Crippen molar-refractivity contribution in [1.29, 1.82) is 0 Å². The number of carbonyl (C=O) groups is 1. The molecule has 0 bridgehead atoms. The van der Waals surface area contributed by atoms with Gasteiger partial charge in [-0.05, 0) is 11.8 Å². The van der Waals surface area contributed by atoms with Gasteiger partial charge in [-0.15, -0.1) is 0 Å². The van der Waals surface area contributed by atoms with E-state index in [-0.39, 0.29) is 11.8 Å². The van der Waals surface area contributed by atoms with Gasteiger partial charge in [0.1, 0.15) is 5.78 Å². The van der Waals surface area contributed by atoms with Crippen LogP contribution < -0.4 is 0 Å². The summed E-state index contributed by atoms with van der Waals surface area (Å²) in [7, 11) is 0. The van der Waals surface area contributed by atoms with Crippen LogP contribution >= 0.6 is 0 Å². The lowest BCUT2D eigenvalue weighted by Gasteiger charge is -2.21. The van der Waals surface area contributed by atoms with Gasteiger partial charge in [-0.3, -0.25) is 15.3 Å². The SMILES string of the molecule is CC(C)C(C)C(=O)C(C)C(C)C.OO. The predicted octanol–water partition coefficient (Wildman–Crippen LogP) is 3.16. The van der Waals surface area contributed by atoms with E-state index in [0.717, 1.165) is 0 Å². The summed E-state index contributed by atoms with van der Waals surface area (Å²) in [6.45, 7) is 12.5. The fourth-order valence-electron chi connectivity index (χ4n) is 1.07. The summed E-state index contributed by atoms with van der Waals surface area (Å²) >= 11 is 0. The molecule has 2 N–H and O–H groups in total. The van der Waals surface area contributed by atoms with Crippen LogP contribution in [0.2, 0.25) is 0 Å². The minimum Gasteiger partial charge on any atom is -0.299 e. The quantitative estimate of drug-likeness (QED) is 0.546. The van der Waals surface area contributed by atoms with Crippen LogP contribution in [-0.4, -0.2) is 16.3 Å². The highest BCUT2D eigenvalue weighted by Gasteiger charge is 2.24. The maximum Gasteiger partial charge on any atom is 0.138 e. The van der Waals surface area contributed by atoms with Crippen LogP contribution in [0.4, 0.5) is 0 Å². The van der Waals surface area contributed by atoms with Crippen molar-refractivity contribution in [2.45, 2.75) is 41.5 Å². The zero-order valence-electron chi connectivity index (χ0n) is 10.1. The van der Waals surface area contributed by atoms with Crippen LogP contribution in [0.15, 0.2) is 0 Å². The largest absolute Gasteiger partial charge is 0.299 e. The Morgan fingerprint density at radius 1 is 0.786 bits per heavy atom. The van der Waals surface area contributed by atoms with Gasteiger partial charge in [0.15, 0.2) is 0 Å². The van der Waals surface area contributed by atoms with Crippen LogP contribution in [0.3, 0.4) is 0 Å². The van der Waals surface area contributed by atoms with E-state index in [1.165, 1.54) is 0 Å². The fourth-order valence-corrected chi connectivity index (χ4v) is 1.07. The van der Waals surface area contributed by atoms with E-state index in [4.69, 9.17) is 10.5 Å². The first kappa shape index (κ1) is 16.0. The lowest BCUT2D eigenvalue weighted by molar-refractivity contribution is -0.176. The Bertz CT molecular complexity index is 137. The van der Waals surface area contributed by atoms with Crippen molar-refractivity contribution in [3.05, 3.63) is 0 Å². The highest BCUT2D eigenvalue weighted by Crippen LogP contribution is 2.20. The molecule has 0 aliphatic heterocycles. The summed E-state index contributed by atoms with van der Waals surface area (Å²) in [6.07, 6.45) is 0. The molecule has 0 aromatic rings. The van der Waals surface area contributed by atoms with E-state index >= 15 is 0 Å². The highest BCUT2D eigenvalue weighted by molar-refractivity contribution is 5.83. The van der Waals surface area contributed by atoms with Crippen LogP contribution in [0.5, 0.6) is 0 Å². The Hall–Kier alpha value is -0.410. The molecule has 0 saturated heterocycles. The summed E-state index contributed by atoms with van der Waals surface area (Å²) in [5.74, 6) is 1.78. The van der Waals surface area contributed by atoms with E-state index < -0.39 is 0 Å². The molecule has 0 spiro atoms. The maximum atomic E-state index is 11.7. The van der Waals surface area contributed by atoms with E-state index in [2.05, 4.69) is 27.7 Å². The van der Waals surface area contributed by atoms with Crippen molar-refractivity contribution in [2.75, 3.05) is 0 Å². The standard InChI is InChI=1S/C11H22O.H2O2/c1-7(2)9(5)11(12)10(6)8(3)4;1-2/h7-10H,1-6H3;1-2H. The van der Waals surface area contributed by atoms with E-state index in [1.54, 1.807) is 0 Å². The normalized spacial score (nSPS) is 14.7. The molecule has 0 saturated carbocycles. The minimum atomic E-state index is 0.211. The summed E-state index contributed by atoms with van der Waals surface area (Å²) in [5.41, 5.74) is 0. The molecule has 0 aliphatic rings. The molecule has 86 valence electrons. The highest BCUT2D eigenvalue weighted by atomic mass is 17.0. The van der Waals surface area contributed by atoms with Gasteiger partial charge >= 0.3 is 0 Å². The lowest BCUT2D eigenvalue weighted by atomic mass is 9.82. The summed E-state index contributed by atoms with van der Waals surface area (Å²) in [4.78, 5) is 11.7. The molecule has 0 heterocycles.